The Bertz CT molecular complexity index is 926. The summed E-state index contributed by atoms with van der Waals surface area (Å²) >= 11 is 12.3. The molecule has 0 atom stereocenters. The molecule has 128 valence electrons. The van der Waals surface area contributed by atoms with E-state index in [2.05, 4.69) is 10.4 Å². The van der Waals surface area contributed by atoms with Gasteiger partial charge in [-0.15, -0.1) is 0 Å². The fourth-order valence-corrected chi connectivity index (χ4v) is 2.98. The minimum atomic E-state index is -0.479. The van der Waals surface area contributed by atoms with E-state index in [1.807, 2.05) is 30.3 Å². The molecule has 0 aliphatic heterocycles. The van der Waals surface area contributed by atoms with Crippen LogP contribution in [0.15, 0.2) is 48.5 Å². The predicted octanol–water partition coefficient (Wildman–Crippen LogP) is 4.94. The molecule has 0 spiro atoms. The summed E-state index contributed by atoms with van der Waals surface area (Å²) in [5, 5.41) is 7.32. The third-order valence-electron chi connectivity index (χ3n) is 3.65. The Morgan fingerprint density at radius 2 is 1.92 bits per heavy atom. The van der Waals surface area contributed by atoms with Crippen LogP contribution in [0.2, 0.25) is 10.2 Å². The lowest BCUT2D eigenvalue weighted by molar-refractivity contribution is 0.102. The lowest BCUT2D eigenvalue weighted by atomic mass is 10.2. The van der Waals surface area contributed by atoms with Gasteiger partial charge in [0.05, 0.1) is 28.5 Å². The summed E-state index contributed by atoms with van der Waals surface area (Å²) in [6.07, 6.45) is 0. The molecule has 0 aliphatic rings. The fraction of sp³-hybridized carbons (Fsp3) is 0.111. The maximum Gasteiger partial charge on any atom is 0.260 e. The highest BCUT2D eigenvalue weighted by Gasteiger charge is 2.21. The number of aryl methyl sites for hydroxylation is 1. The van der Waals surface area contributed by atoms with E-state index in [1.54, 1.807) is 11.6 Å². The number of amides is 1. The summed E-state index contributed by atoms with van der Waals surface area (Å²) < 4.78 is 14.7. The number of nitrogens with one attached hydrogen (secondary N) is 1. The largest absolute Gasteiger partial charge is 0.320 e. The Morgan fingerprint density at radius 3 is 2.60 bits per heavy atom. The van der Waals surface area contributed by atoms with Gasteiger partial charge in [-0.3, -0.25) is 4.79 Å². The fourth-order valence-electron chi connectivity index (χ4n) is 2.45. The van der Waals surface area contributed by atoms with Crippen molar-refractivity contribution in [3.8, 4) is 0 Å². The van der Waals surface area contributed by atoms with Crippen LogP contribution in [-0.2, 0) is 6.54 Å². The molecule has 4 nitrogen and oxygen atoms in total. The third-order valence-corrected chi connectivity index (χ3v) is 4.34. The van der Waals surface area contributed by atoms with Crippen LogP contribution in [0.1, 0.15) is 21.6 Å². The highest BCUT2D eigenvalue weighted by molar-refractivity contribution is 6.35. The standard InChI is InChI=1S/C18H14Cl2FN3O/c1-11-16(18(25)22-15-8-7-13(21)9-14(15)19)17(20)24(23-11)10-12-5-3-2-4-6-12/h2-9H,10H2,1H3,(H,22,25). The summed E-state index contributed by atoms with van der Waals surface area (Å²) in [6, 6.07) is 13.4. The Morgan fingerprint density at radius 1 is 1.20 bits per heavy atom. The van der Waals surface area contributed by atoms with Gasteiger partial charge in [0, 0.05) is 0 Å². The number of anilines is 1. The highest BCUT2D eigenvalue weighted by atomic mass is 35.5. The quantitative estimate of drug-likeness (QED) is 0.699. The van der Waals surface area contributed by atoms with E-state index in [1.165, 1.54) is 12.1 Å². The maximum absolute atomic E-state index is 13.1. The van der Waals surface area contributed by atoms with Gasteiger partial charge >= 0.3 is 0 Å². The average Bonchev–Trinajstić information content (AvgIpc) is 2.85. The van der Waals surface area contributed by atoms with Crippen molar-refractivity contribution in [3.63, 3.8) is 0 Å². The minimum absolute atomic E-state index is 0.110. The Hall–Kier alpha value is -2.37. The Balaban J connectivity index is 1.85. The van der Waals surface area contributed by atoms with Gasteiger partial charge in [0.1, 0.15) is 11.0 Å². The number of hydrogen-bond donors (Lipinski definition) is 1. The van der Waals surface area contributed by atoms with E-state index in [0.717, 1.165) is 11.6 Å². The topological polar surface area (TPSA) is 46.9 Å². The van der Waals surface area contributed by atoms with E-state index >= 15 is 0 Å². The van der Waals surface area contributed by atoms with E-state index in [-0.39, 0.29) is 15.7 Å². The monoisotopic (exact) mass is 377 g/mol. The first-order chi connectivity index (χ1) is 12.0. The SMILES string of the molecule is Cc1nn(Cc2ccccc2)c(Cl)c1C(=O)Nc1ccc(F)cc1Cl. The molecule has 0 aliphatic carbocycles. The summed E-state index contributed by atoms with van der Waals surface area (Å²) in [4.78, 5) is 12.6. The van der Waals surface area contributed by atoms with Crippen molar-refractivity contribution in [1.29, 1.82) is 0 Å². The van der Waals surface area contributed by atoms with Crippen molar-refractivity contribution in [3.05, 3.63) is 81.3 Å². The molecule has 2 aromatic carbocycles. The number of hydrogen-bond acceptors (Lipinski definition) is 2. The van der Waals surface area contributed by atoms with Crippen LogP contribution in [0, 0.1) is 12.7 Å². The second kappa shape index (κ2) is 7.25. The lowest BCUT2D eigenvalue weighted by Gasteiger charge is -2.07. The van der Waals surface area contributed by atoms with Crippen molar-refractivity contribution < 1.29 is 9.18 Å². The Labute approximate surface area is 154 Å². The zero-order valence-corrected chi connectivity index (χ0v) is 14.8. The van der Waals surface area contributed by atoms with Crippen LogP contribution in [0.3, 0.4) is 0 Å². The number of rotatable bonds is 4. The van der Waals surface area contributed by atoms with Crippen molar-refractivity contribution in [2.24, 2.45) is 0 Å². The van der Waals surface area contributed by atoms with Crippen LogP contribution < -0.4 is 5.32 Å². The first-order valence-corrected chi connectivity index (χ1v) is 8.24. The maximum atomic E-state index is 13.1. The third kappa shape index (κ3) is 3.83. The van der Waals surface area contributed by atoms with Crippen LogP contribution >= 0.6 is 23.2 Å². The number of benzene rings is 2. The molecule has 1 aromatic heterocycles. The smallest absolute Gasteiger partial charge is 0.260 e. The molecule has 0 unspecified atom stereocenters. The van der Waals surface area contributed by atoms with Crippen molar-refractivity contribution in [2.45, 2.75) is 13.5 Å². The van der Waals surface area contributed by atoms with Gasteiger partial charge in [-0.1, -0.05) is 53.5 Å². The number of halogens is 3. The van der Waals surface area contributed by atoms with E-state index < -0.39 is 11.7 Å². The molecule has 3 rings (SSSR count). The van der Waals surface area contributed by atoms with Gasteiger partial charge in [-0.25, -0.2) is 9.07 Å². The Kier molecular flexibility index (Phi) is 5.06. The van der Waals surface area contributed by atoms with Gasteiger partial charge in [-0.05, 0) is 30.7 Å². The van der Waals surface area contributed by atoms with Gasteiger partial charge in [0.15, 0.2) is 0 Å². The number of carbonyl (C=O) groups is 1. The lowest BCUT2D eigenvalue weighted by Crippen LogP contribution is -2.13. The molecule has 0 fully saturated rings. The summed E-state index contributed by atoms with van der Waals surface area (Å²) in [5.74, 6) is -0.928. The summed E-state index contributed by atoms with van der Waals surface area (Å²) in [7, 11) is 0. The molecule has 0 radical (unpaired) electrons. The number of aromatic nitrogens is 2. The molecule has 25 heavy (non-hydrogen) atoms. The van der Waals surface area contributed by atoms with Crippen LogP contribution in [-0.4, -0.2) is 15.7 Å². The first-order valence-electron chi connectivity index (χ1n) is 7.49. The van der Waals surface area contributed by atoms with Gasteiger partial charge in [0.25, 0.3) is 5.91 Å². The molecular weight excluding hydrogens is 364 g/mol. The average molecular weight is 378 g/mol. The summed E-state index contributed by atoms with van der Waals surface area (Å²) in [6.45, 7) is 2.15. The minimum Gasteiger partial charge on any atom is -0.320 e. The first kappa shape index (κ1) is 17.5. The van der Waals surface area contributed by atoms with Crippen molar-refractivity contribution in [1.82, 2.24) is 9.78 Å². The normalized spacial score (nSPS) is 10.7. The molecular formula is C18H14Cl2FN3O. The predicted molar refractivity (Wildman–Crippen MR) is 96.9 cm³/mol. The van der Waals surface area contributed by atoms with Gasteiger partial charge in [-0.2, -0.15) is 5.10 Å². The van der Waals surface area contributed by atoms with E-state index in [9.17, 15) is 9.18 Å². The molecule has 1 heterocycles. The second-order valence-electron chi connectivity index (χ2n) is 5.47. The van der Waals surface area contributed by atoms with Gasteiger partial charge < -0.3 is 5.32 Å². The zero-order chi connectivity index (χ0) is 18.0. The molecule has 7 heteroatoms. The van der Waals surface area contributed by atoms with Crippen molar-refractivity contribution >= 4 is 34.8 Å². The molecule has 1 amide bonds. The zero-order valence-electron chi connectivity index (χ0n) is 13.3. The van der Waals surface area contributed by atoms with E-state index in [4.69, 9.17) is 23.2 Å². The van der Waals surface area contributed by atoms with Crippen LogP contribution in [0.25, 0.3) is 0 Å². The van der Waals surface area contributed by atoms with Crippen molar-refractivity contribution in [2.75, 3.05) is 5.32 Å². The number of nitrogens with zero attached hydrogens (tertiary/aromatic N) is 2. The molecule has 0 saturated carbocycles. The molecule has 3 aromatic rings. The van der Waals surface area contributed by atoms with E-state index in [0.29, 0.717) is 17.9 Å². The van der Waals surface area contributed by atoms with Gasteiger partial charge in [0.2, 0.25) is 0 Å². The molecule has 1 N–H and O–H groups in total. The second-order valence-corrected chi connectivity index (χ2v) is 6.24. The van der Waals surface area contributed by atoms with Crippen LogP contribution in [0.5, 0.6) is 0 Å². The number of carbonyl (C=O) groups excluding carboxylic acids is 1. The molecule has 0 saturated heterocycles. The summed E-state index contributed by atoms with van der Waals surface area (Å²) in [5.41, 5.74) is 2.08. The highest BCUT2D eigenvalue weighted by Crippen LogP contribution is 2.26. The van der Waals surface area contributed by atoms with Crippen LogP contribution in [0.4, 0.5) is 10.1 Å². The molecule has 0 bridgehead atoms.